The van der Waals surface area contributed by atoms with Gasteiger partial charge in [-0.1, -0.05) is 42.5 Å². The molecule has 15 heteroatoms. The van der Waals surface area contributed by atoms with Crippen LogP contribution in [-0.4, -0.2) is 121 Å². The molecule has 2 unspecified atom stereocenters. The Bertz CT molecular complexity index is 1930. The Morgan fingerprint density at radius 3 is 2.53 bits per heavy atom. The largest absolute Gasteiger partial charge is 0.484 e. The van der Waals surface area contributed by atoms with Gasteiger partial charge in [0, 0.05) is 71.2 Å². The Balaban J connectivity index is 1.26. The molecule has 3 aliphatic rings. The summed E-state index contributed by atoms with van der Waals surface area (Å²) in [6, 6.07) is 16.6. The third-order valence-electron chi connectivity index (χ3n) is 9.63. The first kappa shape index (κ1) is 34.9. The monoisotopic (exact) mass is 716 g/mol. The second kappa shape index (κ2) is 15.8. The van der Waals surface area contributed by atoms with Crippen LogP contribution >= 0.6 is 0 Å². The molecule has 3 aliphatic heterocycles. The van der Waals surface area contributed by atoms with Crippen LogP contribution in [0.3, 0.4) is 0 Å². The maximum Gasteiger partial charge on any atom is 0.329 e. The molecule has 2 aromatic heterocycles. The van der Waals surface area contributed by atoms with Gasteiger partial charge in [0.15, 0.2) is 6.61 Å². The molecule has 4 aromatic rings. The number of piperidine rings is 1. The second-order valence-corrected chi connectivity index (χ2v) is 14.5. The zero-order chi connectivity index (χ0) is 35.3. The number of piperazine rings is 1. The third-order valence-corrected chi connectivity index (χ3v) is 11.0. The molecule has 270 valence electrons. The average molecular weight is 717 g/mol. The van der Waals surface area contributed by atoms with E-state index in [2.05, 4.69) is 10.4 Å². The number of nitrogens with zero attached hydrogens (tertiary/aromatic N) is 7. The minimum Gasteiger partial charge on any atom is -0.484 e. The number of morpholine rings is 1. The van der Waals surface area contributed by atoms with Gasteiger partial charge in [0.2, 0.25) is 0 Å². The van der Waals surface area contributed by atoms with E-state index in [1.165, 1.54) is 0 Å². The van der Waals surface area contributed by atoms with Gasteiger partial charge in [-0.3, -0.25) is 23.4 Å². The number of hydrogen-bond acceptors (Lipinski definition) is 8. The molecule has 2 aromatic carbocycles. The van der Waals surface area contributed by atoms with Crippen LogP contribution in [0.1, 0.15) is 34.9 Å². The molecule has 0 spiro atoms. The molecule has 1 N–H and O–H groups in total. The fourth-order valence-electron chi connectivity index (χ4n) is 7.04. The van der Waals surface area contributed by atoms with Crippen molar-refractivity contribution in [3.8, 4) is 17.0 Å². The van der Waals surface area contributed by atoms with E-state index in [4.69, 9.17) is 9.47 Å². The lowest BCUT2D eigenvalue weighted by atomic mass is 10.0. The summed E-state index contributed by atoms with van der Waals surface area (Å²) in [6.07, 6.45) is 4.77. The van der Waals surface area contributed by atoms with Gasteiger partial charge in [0.05, 0.1) is 42.6 Å². The lowest BCUT2D eigenvalue weighted by Gasteiger charge is -2.32. The fraction of sp³-hybridized carbons (Fsp3) is 0.444. The fourth-order valence-corrected chi connectivity index (χ4v) is 8.32. The zero-order valence-electron chi connectivity index (χ0n) is 28.8. The van der Waals surface area contributed by atoms with Crippen molar-refractivity contribution in [1.82, 2.24) is 38.3 Å². The van der Waals surface area contributed by atoms with Gasteiger partial charge in [-0.15, -0.1) is 0 Å². The smallest absolute Gasteiger partial charge is 0.329 e. The second-order valence-electron chi connectivity index (χ2n) is 13.1. The molecule has 3 fully saturated rings. The molecule has 7 rings (SSSR count). The van der Waals surface area contributed by atoms with E-state index in [1.54, 1.807) is 49.1 Å². The van der Waals surface area contributed by atoms with Crippen molar-refractivity contribution in [1.29, 1.82) is 0 Å². The topological polar surface area (TPSA) is 136 Å². The number of ether oxygens (including phenoxy) is 2. The SMILES string of the molecule is Cn1cc(S(=O)N2CCCC(n3c(-c4ccccc4)c(C(=O)N4CCNCC4)n(Cc4cccc(OCC(=O)N5CCOCC5)c4)c3=O)C2)cn1. The molecule has 14 nitrogen and oxygen atoms in total. The van der Waals surface area contributed by atoms with Crippen molar-refractivity contribution in [2.45, 2.75) is 30.3 Å². The van der Waals surface area contributed by atoms with Crippen molar-refractivity contribution in [3.05, 3.63) is 88.7 Å². The normalized spacial score (nSPS) is 19.2. The Morgan fingerprint density at radius 2 is 1.78 bits per heavy atom. The number of amides is 2. The number of carbonyl (C=O) groups excluding carboxylic acids is 2. The summed E-state index contributed by atoms with van der Waals surface area (Å²) in [4.78, 5) is 46.3. The number of nitrogens with one attached hydrogen (secondary N) is 1. The lowest BCUT2D eigenvalue weighted by molar-refractivity contribution is -0.137. The zero-order valence-corrected chi connectivity index (χ0v) is 29.6. The number of aromatic nitrogens is 4. The highest BCUT2D eigenvalue weighted by molar-refractivity contribution is 7.82. The summed E-state index contributed by atoms with van der Waals surface area (Å²) in [5.41, 5.74) is 2.10. The van der Waals surface area contributed by atoms with Crippen LogP contribution in [0.2, 0.25) is 0 Å². The predicted molar refractivity (Wildman–Crippen MR) is 191 cm³/mol. The van der Waals surface area contributed by atoms with Gasteiger partial charge in [-0.05, 0) is 30.5 Å². The summed E-state index contributed by atoms with van der Waals surface area (Å²) in [5.74, 6) is 0.182. The first-order valence-electron chi connectivity index (χ1n) is 17.5. The van der Waals surface area contributed by atoms with Gasteiger partial charge < -0.3 is 24.6 Å². The van der Waals surface area contributed by atoms with Crippen LogP contribution < -0.4 is 15.7 Å². The molecule has 2 amide bonds. The lowest BCUT2D eigenvalue weighted by Crippen LogP contribution is -2.47. The van der Waals surface area contributed by atoms with Gasteiger partial charge in [-0.25, -0.2) is 13.3 Å². The minimum absolute atomic E-state index is 0.108. The third kappa shape index (κ3) is 7.71. The molecular formula is C36H44N8O6S. The predicted octanol–water partition coefficient (Wildman–Crippen LogP) is 1.74. The van der Waals surface area contributed by atoms with Crippen molar-refractivity contribution in [2.24, 2.45) is 7.05 Å². The van der Waals surface area contributed by atoms with E-state index in [0.717, 1.165) is 17.5 Å². The number of rotatable bonds is 10. The van der Waals surface area contributed by atoms with Crippen molar-refractivity contribution < 1.29 is 23.3 Å². The molecule has 3 saturated heterocycles. The molecule has 0 saturated carbocycles. The van der Waals surface area contributed by atoms with Crippen molar-refractivity contribution in [2.75, 3.05) is 72.2 Å². The van der Waals surface area contributed by atoms with E-state index in [-0.39, 0.29) is 36.7 Å². The van der Waals surface area contributed by atoms with Gasteiger partial charge >= 0.3 is 5.69 Å². The first-order chi connectivity index (χ1) is 24.9. The molecule has 0 bridgehead atoms. The van der Waals surface area contributed by atoms with Crippen molar-refractivity contribution >= 4 is 22.8 Å². The van der Waals surface area contributed by atoms with E-state index >= 15 is 0 Å². The maximum atomic E-state index is 14.8. The average Bonchev–Trinajstić information content (AvgIpc) is 3.74. The van der Waals surface area contributed by atoms with Crippen LogP contribution in [0.5, 0.6) is 5.75 Å². The summed E-state index contributed by atoms with van der Waals surface area (Å²) >= 11 is 0. The summed E-state index contributed by atoms with van der Waals surface area (Å²) < 4.78 is 31.8. The van der Waals surface area contributed by atoms with Gasteiger partial charge in [0.25, 0.3) is 11.8 Å². The standard InChI is InChI=1S/C36H44N8O6S/c1-39-25-31(22-38-39)51(48)42-14-6-10-29(24-42)44-33(28-8-3-2-4-9-28)34(35(46)41-15-12-37-13-16-41)43(36(44)47)23-27-7-5-11-30(21-27)50-26-32(45)40-17-19-49-20-18-40/h2-5,7-9,11,21-22,25,29,37H,6,10,12-20,23-24,26H2,1H3. The highest BCUT2D eigenvalue weighted by Gasteiger charge is 2.35. The number of carbonyl (C=O) groups is 2. The van der Waals surface area contributed by atoms with Crippen LogP contribution in [0, 0.1) is 0 Å². The maximum absolute atomic E-state index is 14.8. The number of imidazole rings is 1. The Morgan fingerprint density at radius 1 is 1.00 bits per heavy atom. The summed E-state index contributed by atoms with van der Waals surface area (Å²) in [7, 11) is 0.334. The Kier molecular flexibility index (Phi) is 10.8. The highest BCUT2D eigenvalue weighted by atomic mass is 32.2. The molecular weight excluding hydrogens is 673 g/mol. The van der Waals surface area contributed by atoms with Gasteiger partial charge in [0.1, 0.15) is 22.4 Å². The van der Waals surface area contributed by atoms with Crippen LogP contribution in [0.25, 0.3) is 11.3 Å². The molecule has 0 aliphatic carbocycles. The van der Waals surface area contributed by atoms with Crippen LogP contribution in [-0.2, 0) is 34.1 Å². The van der Waals surface area contributed by atoms with E-state index in [9.17, 15) is 18.6 Å². The summed E-state index contributed by atoms with van der Waals surface area (Å²) in [6.45, 7) is 5.45. The van der Waals surface area contributed by atoms with E-state index in [0.29, 0.717) is 94.0 Å². The Labute approximate surface area is 299 Å². The molecule has 2 atom stereocenters. The van der Waals surface area contributed by atoms with Crippen LogP contribution in [0.15, 0.2) is 76.7 Å². The van der Waals surface area contributed by atoms with E-state index in [1.807, 2.05) is 52.8 Å². The molecule has 51 heavy (non-hydrogen) atoms. The van der Waals surface area contributed by atoms with Crippen molar-refractivity contribution in [3.63, 3.8) is 0 Å². The quantitative estimate of drug-likeness (QED) is 0.262. The van der Waals surface area contributed by atoms with Gasteiger partial charge in [-0.2, -0.15) is 5.10 Å². The summed E-state index contributed by atoms with van der Waals surface area (Å²) in [5, 5.41) is 7.52. The Hall–Kier alpha value is -4.57. The number of hydrogen-bond donors (Lipinski definition) is 1. The van der Waals surface area contributed by atoms with E-state index < -0.39 is 11.0 Å². The number of aryl methyl sites for hydroxylation is 1. The number of benzene rings is 2. The highest BCUT2D eigenvalue weighted by Crippen LogP contribution is 2.32. The van der Waals surface area contributed by atoms with Crippen LogP contribution in [0.4, 0.5) is 0 Å². The molecule has 5 heterocycles. The molecule has 0 radical (unpaired) electrons. The first-order valence-corrected chi connectivity index (χ1v) is 18.6. The minimum atomic E-state index is -1.46.